The standard InChI is InChI=1S/C79H87F7N8O8/c1-87(51-56-14-12-18-60(46-56)73(97)90(4)44-45-91-39-31-66(32-40-91)94(75(99)100)69-21-11-9-19-67(69)57-15-6-5-7-16-57)38-30-55-22-24-58(25-23-55)72(96)89(3)37-13-36-88(2)71(95)52-101-70-49-59-17-8-10-20-68(59)76(70)33-41-92(42-34-76)43-35-77(62-26-28-65(80)29-27-62)53-93(54-102-77)74(98)61-47-63(78(81,82)83)50-64(48-61)79(84,85)86/h5-12,14-29,46-48,50,66,70H,13,30-45,49,51-54H2,1-4H3,(H,99,100)/t70-,77-/m0/s1. The summed E-state index contributed by atoms with van der Waals surface area (Å²) >= 11 is 0. The normalized spacial score (nSPS) is 18.0. The first-order chi connectivity index (χ1) is 48.8. The van der Waals surface area contributed by atoms with Crippen molar-refractivity contribution in [2.24, 2.45) is 0 Å². The summed E-state index contributed by atoms with van der Waals surface area (Å²) in [6.07, 6.45) is -6.75. The molecule has 3 saturated heterocycles. The van der Waals surface area contributed by atoms with Crippen molar-refractivity contribution >= 4 is 35.4 Å². The molecule has 0 aromatic heterocycles. The number of carbonyl (C=O) groups excluding carboxylic acids is 4. The number of alkyl halides is 6. The molecule has 16 nitrogen and oxygen atoms in total. The molecule has 0 saturated carbocycles. The summed E-state index contributed by atoms with van der Waals surface area (Å²) in [5.74, 6) is -2.01. The van der Waals surface area contributed by atoms with Gasteiger partial charge >= 0.3 is 18.4 Å². The first-order valence-corrected chi connectivity index (χ1v) is 34.7. The van der Waals surface area contributed by atoms with Gasteiger partial charge < -0.3 is 48.9 Å². The fourth-order valence-electron chi connectivity index (χ4n) is 14.9. The lowest BCUT2D eigenvalue weighted by atomic mass is 9.72. The van der Waals surface area contributed by atoms with Gasteiger partial charge in [0, 0.05) is 114 Å². The molecular formula is C79H87F7N8O8. The van der Waals surface area contributed by atoms with Crippen molar-refractivity contribution in [1.29, 1.82) is 0 Å². The van der Waals surface area contributed by atoms with Crippen LogP contribution in [0.1, 0.15) is 109 Å². The van der Waals surface area contributed by atoms with Crippen LogP contribution in [0.2, 0.25) is 0 Å². The third kappa shape index (κ3) is 17.5. The van der Waals surface area contributed by atoms with Crippen LogP contribution < -0.4 is 4.90 Å². The van der Waals surface area contributed by atoms with E-state index in [0.717, 1.165) is 64.3 Å². The Kier molecular flexibility index (Phi) is 23.4. The molecule has 4 aliphatic rings. The quantitative estimate of drug-likeness (QED) is 0.0545. The molecule has 2 atom stereocenters. The predicted molar refractivity (Wildman–Crippen MR) is 374 cm³/mol. The molecule has 1 N–H and O–H groups in total. The zero-order valence-corrected chi connectivity index (χ0v) is 57.9. The summed E-state index contributed by atoms with van der Waals surface area (Å²) in [6.45, 7) is 5.63. The van der Waals surface area contributed by atoms with E-state index in [1.807, 2.05) is 129 Å². The number of anilines is 1. The Balaban J connectivity index is 0.598. The van der Waals surface area contributed by atoms with Crippen molar-refractivity contribution in [3.63, 3.8) is 0 Å². The van der Waals surface area contributed by atoms with Crippen molar-refractivity contribution in [3.8, 4) is 11.1 Å². The summed E-state index contributed by atoms with van der Waals surface area (Å²) < 4.78 is 110. The third-order valence-corrected chi connectivity index (χ3v) is 20.8. The molecule has 3 aliphatic heterocycles. The molecule has 3 fully saturated rings. The Morgan fingerprint density at radius 2 is 1.25 bits per heavy atom. The highest BCUT2D eigenvalue weighted by Gasteiger charge is 2.50. The van der Waals surface area contributed by atoms with Gasteiger partial charge in [-0.05, 0) is 166 Å². The summed E-state index contributed by atoms with van der Waals surface area (Å²) in [4.78, 5) is 81.9. The molecule has 540 valence electrons. The topological polar surface area (TPSA) is 150 Å². The SMILES string of the molecule is CN(CCc1ccc(C(=O)N(C)CCCN(C)C(=O)CO[C@H]2Cc3ccccc3C23CCN(CC[C@@]2(c4ccc(F)cc4)CN(C(=O)c4cc(C(F)(F)F)cc(C(F)(F)F)c4)CO2)CC3)cc1)Cc1cccc(C(=O)N(C)CCN2CCC(N(C(=O)O)c3ccccc3-c3ccccc3)CC2)c1. The summed E-state index contributed by atoms with van der Waals surface area (Å²) in [6, 6.07) is 47.0. The molecule has 7 aromatic carbocycles. The molecule has 1 aliphatic carbocycles. The van der Waals surface area contributed by atoms with Gasteiger partial charge in [0.1, 0.15) is 24.8 Å². The number of carbonyl (C=O) groups is 5. The van der Waals surface area contributed by atoms with Crippen molar-refractivity contribution in [1.82, 2.24) is 34.3 Å². The van der Waals surface area contributed by atoms with E-state index in [2.05, 4.69) is 26.8 Å². The molecule has 11 rings (SSSR count). The number of piperidine rings is 2. The first-order valence-electron chi connectivity index (χ1n) is 34.7. The fourth-order valence-corrected chi connectivity index (χ4v) is 14.9. The average Bonchev–Trinajstić information content (AvgIpc) is 1.58. The second-order valence-electron chi connectivity index (χ2n) is 27.6. The zero-order valence-electron chi connectivity index (χ0n) is 57.9. The number of para-hydroxylation sites is 1. The van der Waals surface area contributed by atoms with Crippen LogP contribution in [0.3, 0.4) is 0 Å². The smallest absolute Gasteiger partial charge is 0.416 e. The Bertz CT molecular complexity index is 4040. The zero-order chi connectivity index (χ0) is 72.5. The molecule has 23 heteroatoms. The number of hydrogen-bond donors (Lipinski definition) is 1. The Morgan fingerprint density at radius 1 is 0.618 bits per heavy atom. The third-order valence-electron chi connectivity index (χ3n) is 20.8. The number of ether oxygens (including phenoxy) is 2. The van der Waals surface area contributed by atoms with Crippen LogP contribution in [0.25, 0.3) is 11.1 Å². The molecule has 7 aromatic rings. The number of hydrogen-bond acceptors (Lipinski definition) is 10. The summed E-state index contributed by atoms with van der Waals surface area (Å²) in [5, 5.41) is 10.4. The number of fused-ring (bicyclic) bond motifs is 2. The second-order valence-corrected chi connectivity index (χ2v) is 27.6. The number of carboxylic acid groups (broad SMARTS) is 1. The maximum Gasteiger partial charge on any atom is 0.416 e. The largest absolute Gasteiger partial charge is 0.465 e. The van der Waals surface area contributed by atoms with Crippen LogP contribution in [0.5, 0.6) is 0 Å². The molecule has 0 unspecified atom stereocenters. The van der Waals surface area contributed by atoms with Crippen LogP contribution in [-0.2, 0) is 57.0 Å². The summed E-state index contributed by atoms with van der Waals surface area (Å²) in [7, 11) is 7.32. The monoisotopic (exact) mass is 1410 g/mol. The number of amides is 5. The van der Waals surface area contributed by atoms with Gasteiger partial charge in [0.25, 0.3) is 17.7 Å². The molecular weight excluding hydrogens is 1320 g/mol. The van der Waals surface area contributed by atoms with Crippen molar-refractivity contribution < 1.29 is 69.3 Å². The number of rotatable bonds is 25. The van der Waals surface area contributed by atoms with Crippen molar-refractivity contribution in [2.45, 2.75) is 93.4 Å². The van der Waals surface area contributed by atoms with Crippen LogP contribution in [-0.4, -0.2) is 195 Å². The molecule has 5 amide bonds. The molecule has 0 bridgehead atoms. The number of halogens is 7. The fraction of sp³-hybridized carbons (Fsp3) is 0.405. The molecule has 1 spiro atoms. The Hall–Kier alpha value is -9.00. The van der Waals surface area contributed by atoms with Crippen LogP contribution in [0, 0.1) is 5.82 Å². The van der Waals surface area contributed by atoms with Gasteiger partial charge in [-0.2, -0.15) is 26.3 Å². The van der Waals surface area contributed by atoms with Crippen LogP contribution >= 0.6 is 0 Å². The van der Waals surface area contributed by atoms with Gasteiger partial charge in [-0.25, -0.2) is 9.18 Å². The minimum atomic E-state index is -5.15. The second kappa shape index (κ2) is 32.1. The van der Waals surface area contributed by atoms with Gasteiger partial charge in [-0.15, -0.1) is 0 Å². The number of benzene rings is 7. The first kappa shape index (κ1) is 74.2. The molecule has 102 heavy (non-hydrogen) atoms. The Morgan fingerprint density at radius 3 is 1.93 bits per heavy atom. The van der Waals surface area contributed by atoms with Gasteiger partial charge in [-0.3, -0.25) is 24.1 Å². The van der Waals surface area contributed by atoms with Crippen LogP contribution in [0.4, 0.5) is 41.2 Å². The summed E-state index contributed by atoms with van der Waals surface area (Å²) in [5.41, 5.74) is 2.87. The predicted octanol–water partition coefficient (Wildman–Crippen LogP) is 13.2. The van der Waals surface area contributed by atoms with Gasteiger partial charge in [0.05, 0.1) is 29.5 Å². The van der Waals surface area contributed by atoms with E-state index in [9.17, 15) is 59.8 Å². The maximum absolute atomic E-state index is 14.3. The highest BCUT2D eigenvalue weighted by atomic mass is 19.4. The molecule has 3 heterocycles. The van der Waals surface area contributed by atoms with Crippen molar-refractivity contribution in [3.05, 3.63) is 231 Å². The van der Waals surface area contributed by atoms with E-state index in [-0.39, 0.29) is 55.5 Å². The number of nitrogens with zero attached hydrogens (tertiary/aromatic N) is 8. The van der Waals surface area contributed by atoms with E-state index in [4.69, 9.17) is 9.47 Å². The Labute approximate surface area is 590 Å². The highest BCUT2D eigenvalue weighted by Crippen LogP contribution is 2.49. The van der Waals surface area contributed by atoms with E-state index >= 15 is 0 Å². The number of likely N-dealkylation sites (N-methyl/N-ethyl adjacent to an activating group) is 3. The average molecular weight is 1410 g/mol. The lowest BCUT2D eigenvalue weighted by Crippen LogP contribution is -2.50. The number of likely N-dealkylation sites (tertiary alicyclic amines) is 2. The van der Waals surface area contributed by atoms with Gasteiger partial charge in [-0.1, -0.05) is 109 Å². The van der Waals surface area contributed by atoms with E-state index in [0.29, 0.717) is 125 Å². The van der Waals surface area contributed by atoms with E-state index in [1.54, 1.807) is 28.8 Å². The van der Waals surface area contributed by atoms with Crippen molar-refractivity contribution in [2.75, 3.05) is 118 Å². The minimum absolute atomic E-state index is 0.0288. The minimum Gasteiger partial charge on any atom is -0.465 e. The van der Waals surface area contributed by atoms with Gasteiger partial charge in [0.15, 0.2) is 0 Å². The lowest BCUT2D eigenvalue weighted by molar-refractivity contribution is -0.143. The van der Waals surface area contributed by atoms with E-state index in [1.165, 1.54) is 29.2 Å². The highest BCUT2D eigenvalue weighted by molar-refractivity contribution is 5.96. The lowest BCUT2D eigenvalue weighted by Gasteiger charge is -2.44. The van der Waals surface area contributed by atoms with E-state index < -0.39 is 64.6 Å². The van der Waals surface area contributed by atoms with Gasteiger partial charge in [0.2, 0.25) is 5.91 Å². The molecule has 0 radical (unpaired) electrons. The maximum atomic E-state index is 14.3. The van der Waals surface area contributed by atoms with Crippen LogP contribution in [0.15, 0.2) is 170 Å².